The Bertz CT molecular complexity index is 2460. The maximum Gasteiger partial charge on any atom is 0.159 e. The average Bonchev–Trinajstić information content (AvgIpc) is 3.50. The number of aliphatic imine (C=N–C) groups is 2. The van der Waals surface area contributed by atoms with E-state index in [1.54, 1.807) is 0 Å². The predicted octanol–water partition coefficient (Wildman–Crippen LogP) is 10.1. The van der Waals surface area contributed by atoms with Crippen LogP contribution in [-0.2, 0) is 0 Å². The van der Waals surface area contributed by atoms with E-state index >= 15 is 0 Å². The van der Waals surface area contributed by atoms with Crippen LogP contribution in [0.25, 0.3) is 54.6 Å². The molecule has 1 N–H and O–H groups in total. The highest BCUT2D eigenvalue weighted by atomic mass is 16.3. The van der Waals surface area contributed by atoms with Crippen molar-refractivity contribution < 1.29 is 4.42 Å². The molecule has 1 aliphatic rings. The lowest BCUT2D eigenvalue weighted by molar-refractivity contribution is 0.662. The van der Waals surface area contributed by atoms with E-state index in [1.165, 1.54) is 21.5 Å². The van der Waals surface area contributed by atoms with Crippen LogP contribution in [0.1, 0.15) is 22.9 Å². The van der Waals surface area contributed by atoms with E-state index < -0.39 is 0 Å². The summed E-state index contributed by atoms with van der Waals surface area (Å²) in [5.41, 5.74) is 7.03. The number of hydrogen-bond donors (Lipinski definition) is 1. The van der Waals surface area contributed by atoms with Crippen molar-refractivity contribution in [2.75, 3.05) is 0 Å². The number of hydrogen-bond acceptors (Lipinski definition) is 4. The van der Waals surface area contributed by atoms with Crippen molar-refractivity contribution in [2.24, 2.45) is 9.98 Å². The van der Waals surface area contributed by atoms with Crippen LogP contribution in [0, 0.1) is 0 Å². The largest absolute Gasteiger partial charge is 0.456 e. The number of fused-ring (bicyclic) bond motifs is 6. The van der Waals surface area contributed by atoms with Crippen molar-refractivity contribution in [1.29, 1.82) is 0 Å². The van der Waals surface area contributed by atoms with Crippen LogP contribution in [0.5, 0.6) is 0 Å². The fourth-order valence-corrected chi connectivity index (χ4v) is 6.52. The SMILES string of the molecule is c1ccc(C2=NC(c3cccc4oc5cc(-c6ccc7c(ccc8ccccc87)c6)ccc5c34)NC(c3ccccc3)=N2)cc1. The van der Waals surface area contributed by atoms with Gasteiger partial charge in [0, 0.05) is 27.5 Å². The minimum atomic E-state index is -0.340. The molecule has 0 spiro atoms. The minimum Gasteiger partial charge on any atom is -0.456 e. The molecule has 8 aromatic rings. The highest BCUT2D eigenvalue weighted by molar-refractivity contribution is 6.14. The normalized spacial score (nSPS) is 14.9. The summed E-state index contributed by atoms with van der Waals surface area (Å²) in [5.74, 6) is 1.50. The molecule has 4 heteroatoms. The molecule has 2 heterocycles. The summed E-state index contributed by atoms with van der Waals surface area (Å²) >= 11 is 0. The zero-order valence-corrected chi connectivity index (χ0v) is 24.3. The van der Waals surface area contributed by atoms with Crippen LogP contribution < -0.4 is 5.32 Å². The maximum atomic E-state index is 6.51. The van der Waals surface area contributed by atoms with Gasteiger partial charge in [-0.25, -0.2) is 9.98 Å². The second kappa shape index (κ2) is 10.3. The van der Waals surface area contributed by atoms with Crippen molar-refractivity contribution in [1.82, 2.24) is 5.32 Å². The fraction of sp³-hybridized carbons (Fsp3) is 0.0244. The molecule has 4 nitrogen and oxygen atoms in total. The number of amidine groups is 2. The molecule has 0 fully saturated rings. The van der Waals surface area contributed by atoms with Gasteiger partial charge in [-0.15, -0.1) is 0 Å². The van der Waals surface area contributed by atoms with Crippen molar-refractivity contribution in [3.8, 4) is 11.1 Å². The molecule has 0 amide bonds. The lowest BCUT2D eigenvalue weighted by Crippen LogP contribution is -2.33. The minimum absolute atomic E-state index is 0.340. The van der Waals surface area contributed by atoms with Gasteiger partial charge in [0.25, 0.3) is 0 Å². The van der Waals surface area contributed by atoms with Crippen molar-refractivity contribution in [2.45, 2.75) is 6.17 Å². The van der Waals surface area contributed by atoms with Gasteiger partial charge in [0.1, 0.15) is 23.2 Å². The summed E-state index contributed by atoms with van der Waals surface area (Å²) in [6.45, 7) is 0. The van der Waals surface area contributed by atoms with E-state index in [2.05, 4.69) is 108 Å². The molecule has 0 saturated carbocycles. The quantitative estimate of drug-likeness (QED) is 0.212. The van der Waals surface area contributed by atoms with Crippen LogP contribution in [0.2, 0.25) is 0 Å². The monoisotopic (exact) mass is 577 g/mol. The first kappa shape index (κ1) is 25.5. The summed E-state index contributed by atoms with van der Waals surface area (Å²) in [4.78, 5) is 10.1. The highest BCUT2D eigenvalue weighted by Crippen LogP contribution is 2.38. The second-order valence-electron chi connectivity index (χ2n) is 11.4. The molecular weight excluding hydrogens is 550 g/mol. The van der Waals surface area contributed by atoms with Gasteiger partial charge in [-0.3, -0.25) is 0 Å². The molecule has 1 unspecified atom stereocenters. The number of nitrogens with zero attached hydrogens (tertiary/aromatic N) is 2. The lowest BCUT2D eigenvalue weighted by Gasteiger charge is -2.24. The first-order chi connectivity index (χ1) is 22.3. The van der Waals surface area contributed by atoms with Gasteiger partial charge in [0.15, 0.2) is 5.84 Å². The van der Waals surface area contributed by atoms with Crippen molar-refractivity contribution >= 4 is 55.2 Å². The van der Waals surface area contributed by atoms with E-state index in [0.717, 1.165) is 55.6 Å². The number of benzene rings is 7. The lowest BCUT2D eigenvalue weighted by atomic mass is 9.96. The van der Waals surface area contributed by atoms with E-state index in [1.807, 2.05) is 48.5 Å². The summed E-state index contributed by atoms with van der Waals surface area (Å²) in [6, 6.07) is 52.8. The standard InChI is InChI=1S/C41H27N3O/c1-3-11-27(12-4-1)39-42-40(28-13-5-2-6-14-28)44-41(43-39)35-16-9-17-36-38(35)34-23-21-30(25-37(34)45-36)29-20-22-33-31(24-29)19-18-26-10-7-8-15-32(26)33/h1-25,41H,(H,42,43,44). The van der Waals surface area contributed by atoms with Crippen molar-refractivity contribution in [3.05, 3.63) is 168 Å². The second-order valence-corrected chi connectivity index (χ2v) is 11.4. The van der Waals surface area contributed by atoms with Gasteiger partial charge >= 0.3 is 0 Å². The average molecular weight is 578 g/mol. The van der Waals surface area contributed by atoms with Gasteiger partial charge in [-0.1, -0.05) is 127 Å². The van der Waals surface area contributed by atoms with E-state index in [9.17, 15) is 0 Å². The third-order valence-corrected chi connectivity index (χ3v) is 8.72. The van der Waals surface area contributed by atoms with E-state index in [4.69, 9.17) is 14.4 Å². The van der Waals surface area contributed by atoms with Crippen LogP contribution in [0.3, 0.4) is 0 Å². The van der Waals surface area contributed by atoms with Gasteiger partial charge in [0.2, 0.25) is 0 Å². The molecule has 212 valence electrons. The Balaban J connectivity index is 1.15. The maximum absolute atomic E-state index is 6.51. The topological polar surface area (TPSA) is 49.9 Å². The zero-order valence-electron chi connectivity index (χ0n) is 24.3. The Kier molecular flexibility index (Phi) is 5.85. The molecule has 45 heavy (non-hydrogen) atoms. The molecule has 1 atom stereocenters. The van der Waals surface area contributed by atoms with Gasteiger partial charge in [-0.05, 0) is 56.9 Å². The van der Waals surface area contributed by atoms with E-state index in [-0.39, 0.29) is 6.17 Å². The molecule has 7 aromatic carbocycles. The summed E-state index contributed by atoms with van der Waals surface area (Å²) in [7, 11) is 0. The summed E-state index contributed by atoms with van der Waals surface area (Å²) < 4.78 is 6.51. The van der Waals surface area contributed by atoms with Crippen LogP contribution >= 0.6 is 0 Å². The smallest absolute Gasteiger partial charge is 0.159 e. The third kappa shape index (κ3) is 4.38. The molecule has 1 aliphatic heterocycles. The predicted molar refractivity (Wildman–Crippen MR) is 186 cm³/mol. The molecule has 0 radical (unpaired) electrons. The van der Waals surface area contributed by atoms with Crippen LogP contribution in [-0.4, -0.2) is 11.7 Å². The van der Waals surface area contributed by atoms with Gasteiger partial charge < -0.3 is 9.73 Å². The molecule has 9 rings (SSSR count). The third-order valence-electron chi connectivity index (χ3n) is 8.72. The van der Waals surface area contributed by atoms with Gasteiger partial charge in [0.05, 0.1) is 0 Å². The van der Waals surface area contributed by atoms with E-state index in [0.29, 0.717) is 5.84 Å². The van der Waals surface area contributed by atoms with Crippen LogP contribution in [0.4, 0.5) is 0 Å². The number of rotatable bonds is 4. The molecule has 0 saturated heterocycles. The first-order valence-electron chi connectivity index (χ1n) is 15.2. The summed E-state index contributed by atoms with van der Waals surface area (Å²) in [5, 5.41) is 10.8. The fourth-order valence-electron chi connectivity index (χ4n) is 6.52. The molecule has 0 bridgehead atoms. The first-order valence-corrected chi connectivity index (χ1v) is 15.2. The molecule has 1 aromatic heterocycles. The zero-order chi connectivity index (χ0) is 29.7. The summed E-state index contributed by atoms with van der Waals surface area (Å²) in [6.07, 6.45) is -0.340. The Morgan fingerprint density at radius 1 is 0.489 bits per heavy atom. The van der Waals surface area contributed by atoms with Gasteiger partial charge in [-0.2, -0.15) is 0 Å². The Hall–Kier alpha value is -6.00. The van der Waals surface area contributed by atoms with Crippen molar-refractivity contribution in [3.63, 3.8) is 0 Å². The Morgan fingerprint density at radius 2 is 1.18 bits per heavy atom. The number of furan rings is 1. The highest BCUT2D eigenvalue weighted by Gasteiger charge is 2.24. The number of nitrogens with one attached hydrogen (secondary N) is 1. The van der Waals surface area contributed by atoms with Crippen LogP contribution in [0.15, 0.2) is 166 Å². The molecular formula is C41H27N3O. The molecule has 0 aliphatic carbocycles. The Morgan fingerprint density at radius 3 is 2.02 bits per heavy atom. The Labute approximate surface area is 260 Å².